The van der Waals surface area contributed by atoms with Gasteiger partial charge in [0, 0.05) is 5.39 Å². The molecule has 7 heteroatoms. The van der Waals surface area contributed by atoms with Gasteiger partial charge in [0.15, 0.2) is 6.61 Å². The molecule has 1 amide bonds. The monoisotopic (exact) mass is 469 g/mol. The zero-order chi connectivity index (χ0) is 24.4. The van der Waals surface area contributed by atoms with Gasteiger partial charge in [-0.3, -0.25) is 4.79 Å². The first-order chi connectivity index (χ1) is 17.0. The number of carbonyl (C=O) groups is 2. The predicted octanol–water partition coefficient (Wildman–Crippen LogP) is 5.06. The maximum Gasteiger partial charge on any atom is 0.339 e. The molecule has 0 aliphatic heterocycles. The minimum absolute atomic E-state index is 0.291. The molecule has 1 atom stereocenters. The van der Waals surface area contributed by atoms with E-state index in [-0.39, 0.29) is 0 Å². The van der Waals surface area contributed by atoms with Gasteiger partial charge in [-0.05, 0) is 79.9 Å². The van der Waals surface area contributed by atoms with E-state index < -0.39 is 24.0 Å². The van der Waals surface area contributed by atoms with E-state index >= 15 is 0 Å². The molecule has 5 rings (SSSR count). The molecule has 7 nitrogen and oxygen atoms in total. The fourth-order valence-corrected chi connectivity index (χ4v) is 5.26. The van der Waals surface area contributed by atoms with Gasteiger partial charge in [-0.1, -0.05) is 25.1 Å². The van der Waals surface area contributed by atoms with Crippen molar-refractivity contribution >= 4 is 34.4 Å². The van der Waals surface area contributed by atoms with Crippen molar-refractivity contribution in [3.8, 4) is 6.07 Å². The van der Waals surface area contributed by atoms with Gasteiger partial charge in [-0.2, -0.15) is 5.26 Å². The highest BCUT2D eigenvalue weighted by Crippen LogP contribution is 2.38. The molecule has 1 N–H and O–H groups in total. The summed E-state index contributed by atoms with van der Waals surface area (Å²) in [4.78, 5) is 30.9. The highest BCUT2D eigenvalue weighted by molar-refractivity contribution is 6.07. The van der Waals surface area contributed by atoms with Crippen LogP contribution in [0.2, 0.25) is 0 Å². The first-order valence-corrected chi connectivity index (χ1v) is 12.0. The van der Waals surface area contributed by atoms with Gasteiger partial charge in [0.2, 0.25) is 0 Å². The first kappa shape index (κ1) is 22.9. The Kier molecular flexibility index (Phi) is 6.12. The summed E-state index contributed by atoms with van der Waals surface area (Å²) in [6, 6.07) is 13.4. The van der Waals surface area contributed by atoms with Crippen molar-refractivity contribution in [1.82, 2.24) is 10.3 Å². The summed E-state index contributed by atoms with van der Waals surface area (Å²) < 4.78 is 11.0. The highest BCUT2D eigenvalue weighted by Gasteiger charge is 2.36. The normalized spacial score (nSPS) is 19.8. The molecule has 2 aromatic heterocycles. The Morgan fingerprint density at radius 2 is 2.03 bits per heavy atom. The lowest BCUT2D eigenvalue weighted by molar-refractivity contribution is -0.125. The van der Waals surface area contributed by atoms with Crippen LogP contribution in [0.5, 0.6) is 0 Å². The van der Waals surface area contributed by atoms with Crippen LogP contribution in [-0.4, -0.2) is 29.0 Å². The number of carbonyl (C=O) groups excluding carboxylic acids is 2. The maximum absolute atomic E-state index is 13.4. The Morgan fingerprint density at radius 1 is 1.23 bits per heavy atom. The number of allylic oxidation sites excluding steroid dienone is 1. The van der Waals surface area contributed by atoms with Crippen LogP contribution >= 0.6 is 0 Å². The third kappa shape index (κ3) is 4.57. The number of esters is 1. The van der Waals surface area contributed by atoms with E-state index in [1.807, 2.05) is 42.5 Å². The third-order valence-corrected chi connectivity index (χ3v) is 6.87. The fraction of sp³-hybridized carbons (Fsp3) is 0.357. The minimum atomic E-state index is -0.854. The van der Waals surface area contributed by atoms with Crippen molar-refractivity contribution in [3.63, 3.8) is 0 Å². The Bertz CT molecular complexity index is 1340. The largest absolute Gasteiger partial charge is 0.465 e. The van der Waals surface area contributed by atoms with Gasteiger partial charge in [-0.15, -0.1) is 0 Å². The number of nitriles is 1. The summed E-state index contributed by atoms with van der Waals surface area (Å²) in [7, 11) is 0. The number of amides is 1. The van der Waals surface area contributed by atoms with Gasteiger partial charge in [0.25, 0.3) is 5.91 Å². The number of nitrogens with zero attached hydrogens (tertiary/aromatic N) is 2. The zero-order valence-electron chi connectivity index (χ0n) is 19.7. The maximum atomic E-state index is 13.4. The van der Waals surface area contributed by atoms with Crippen LogP contribution in [0.3, 0.4) is 0 Å². The average Bonchev–Trinajstić information content (AvgIpc) is 3.54. The number of ether oxygens (including phenoxy) is 1. The number of fused-ring (bicyclic) bond motifs is 2. The van der Waals surface area contributed by atoms with Crippen molar-refractivity contribution in [2.24, 2.45) is 5.92 Å². The second-order valence-electron chi connectivity index (χ2n) is 9.55. The highest BCUT2D eigenvalue weighted by atomic mass is 16.5. The summed E-state index contributed by atoms with van der Waals surface area (Å²) in [5.41, 5.74) is 2.89. The quantitative estimate of drug-likeness (QED) is 0.524. The van der Waals surface area contributed by atoms with Crippen LogP contribution < -0.4 is 5.32 Å². The topological polar surface area (TPSA) is 105 Å². The third-order valence-electron chi connectivity index (χ3n) is 6.87. The molecule has 0 spiro atoms. The number of hydrogen-bond donors (Lipinski definition) is 1. The number of para-hydroxylation sites is 1. The van der Waals surface area contributed by atoms with Crippen molar-refractivity contribution < 1.29 is 18.7 Å². The van der Waals surface area contributed by atoms with E-state index in [2.05, 4.69) is 18.3 Å². The number of aromatic nitrogens is 1. The Morgan fingerprint density at radius 3 is 2.77 bits per heavy atom. The van der Waals surface area contributed by atoms with E-state index in [9.17, 15) is 14.9 Å². The number of nitrogens with one attached hydrogen (secondary N) is 1. The predicted molar refractivity (Wildman–Crippen MR) is 131 cm³/mol. The molecule has 2 aliphatic rings. The summed E-state index contributed by atoms with van der Waals surface area (Å²) in [6.07, 6.45) is 8.13. The average molecular weight is 470 g/mol. The summed E-state index contributed by atoms with van der Waals surface area (Å²) >= 11 is 0. The fourth-order valence-electron chi connectivity index (χ4n) is 5.26. The van der Waals surface area contributed by atoms with Crippen LogP contribution in [0.15, 0.2) is 47.1 Å². The van der Waals surface area contributed by atoms with E-state index in [0.29, 0.717) is 41.6 Å². The molecule has 0 saturated heterocycles. The SMILES string of the molecule is CC1C/C(=C/c2ccco2)c2nc3ccccc3c(C(=O)OCC(=O)NC3(C#N)CCCC3)c2C1. The molecule has 0 radical (unpaired) electrons. The van der Waals surface area contributed by atoms with Gasteiger partial charge >= 0.3 is 5.97 Å². The molecule has 1 fully saturated rings. The van der Waals surface area contributed by atoms with Crippen molar-refractivity contribution in [2.75, 3.05) is 6.61 Å². The second-order valence-corrected chi connectivity index (χ2v) is 9.55. The number of furan rings is 1. The Hall–Kier alpha value is -3.92. The lowest BCUT2D eigenvalue weighted by Gasteiger charge is -2.26. The molecule has 178 valence electrons. The van der Waals surface area contributed by atoms with Crippen molar-refractivity contribution in [3.05, 3.63) is 65.2 Å². The standard InChI is InChI=1S/C28H27N3O4/c1-18-13-19(15-20-7-6-12-34-20)26-22(14-18)25(21-8-2-3-9-23(21)30-26)27(33)35-16-24(32)31-28(17-29)10-4-5-11-28/h2-3,6-9,12,15,18H,4-5,10-11,13-14,16H2,1H3,(H,31,32)/b19-15-. The van der Waals surface area contributed by atoms with Gasteiger partial charge in [-0.25, -0.2) is 9.78 Å². The van der Waals surface area contributed by atoms with Crippen LogP contribution in [0, 0.1) is 17.2 Å². The van der Waals surface area contributed by atoms with Crippen molar-refractivity contribution in [2.45, 2.75) is 51.0 Å². The molecule has 2 heterocycles. The summed E-state index contributed by atoms with van der Waals surface area (Å²) in [5, 5.41) is 13.0. The molecule has 1 aromatic carbocycles. The van der Waals surface area contributed by atoms with Crippen LogP contribution in [0.25, 0.3) is 22.6 Å². The smallest absolute Gasteiger partial charge is 0.339 e. The van der Waals surface area contributed by atoms with E-state index in [4.69, 9.17) is 14.1 Å². The first-order valence-electron chi connectivity index (χ1n) is 12.0. The molecule has 35 heavy (non-hydrogen) atoms. The minimum Gasteiger partial charge on any atom is -0.465 e. The lowest BCUT2D eigenvalue weighted by atomic mass is 9.81. The molecule has 1 saturated carbocycles. The Labute approximate surface area is 203 Å². The van der Waals surface area contributed by atoms with E-state index in [0.717, 1.165) is 41.9 Å². The van der Waals surface area contributed by atoms with E-state index in [1.165, 1.54) is 0 Å². The molecule has 2 aliphatic carbocycles. The van der Waals surface area contributed by atoms with Gasteiger partial charge in [0.05, 0.1) is 29.1 Å². The molecular weight excluding hydrogens is 442 g/mol. The number of benzene rings is 1. The molecule has 1 unspecified atom stereocenters. The van der Waals surface area contributed by atoms with Gasteiger partial charge in [0.1, 0.15) is 11.3 Å². The second kappa shape index (κ2) is 9.38. The molecule has 0 bridgehead atoms. The molecule has 3 aromatic rings. The zero-order valence-corrected chi connectivity index (χ0v) is 19.7. The lowest BCUT2D eigenvalue weighted by Crippen LogP contribution is -2.46. The van der Waals surface area contributed by atoms with Gasteiger partial charge < -0.3 is 14.5 Å². The molecular formula is C28H27N3O4. The van der Waals surface area contributed by atoms with Crippen LogP contribution in [0.1, 0.15) is 66.4 Å². The summed E-state index contributed by atoms with van der Waals surface area (Å²) in [6.45, 7) is 1.71. The number of pyridine rings is 1. The van der Waals surface area contributed by atoms with Crippen LogP contribution in [0.4, 0.5) is 0 Å². The summed E-state index contributed by atoms with van der Waals surface area (Å²) in [5.74, 6) is 0.00759. The Balaban J connectivity index is 1.48. The van der Waals surface area contributed by atoms with E-state index in [1.54, 1.807) is 6.26 Å². The number of hydrogen-bond acceptors (Lipinski definition) is 6. The number of rotatable bonds is 5. The van der Waals surface area contributed by atoms with Crippen LogP contribution in [-0.2, 0) is 16.0 Å². The van der Waals surface area contributed by atoms with Crippen molar-refractivity contribution in [1.29, 1.82) is 5.26 Å².